The lowest BCUT2D eigenvalue weighted by atomic mass is 9.90. The van der Waals surface area contributed by atoms with Gasteiger partial charge in [0.1, 0.15) is 12.2 Å². The molecule has 2 saturated heterocycles. The SMILES string of the molecule is CCO[C@@H]1C[C@H](OCC2CCCCC2)[C@H]2CO[C@]1(CCF)O2. The van der Waals surface area contributed by atoms with Crippen molar-refractivity contribution in [3.63, 3.8) is 0 Å². The first kappa shape index (κ1) is 16.6. The largest absolute Gasteiger partial charge is 0.375 e. The van der Waals surface area contributed by atoms with Crippen LogP contribution in [0.3, 0.4) is 0 Å². The fourth-order valence-electron chi connectivity index (χ4n) is 4.05. The summed E-state index contributed by atoms with van der Waals surface area (Å²) in [5.41, 5.74) is 0. The van der Waals surface area contributed by atoms with E-state index < -0.39 is 12.5 Å². The van der Waals surface area contributed by atoms with E-state index in [-0.39, 0.29) is 24.7 Å². The summed E-state index contributed by atoms with van der Waals surface area (Å²) in [7, 11) is 0. The Hall–Kier alpha value is -0.230. The van der Waals surface area contributed by atoms with E-state index in [1.807, 2.05) is 6.92 Å². The molecule has 2 heterocycles. The van der Waals surface area contributed by atoms with Crippen LogP contribution in [-0.2, 0) is 18.9 Å². The summed E-state index contributed by atoms with van der Waals surface area (Å²) >= 11 is 0. The molecule has 3 rings (SSSR count). The predicted molar refractivity (Wildman–Crippen MR) is 80.5 cm³/mol. The number of halogens is 1. The minimum Gasteiger partial charge on any atom is -0.375 e. The van der Waals surface area contributed by atoms with Gasteiger partial charge in [0.05, 0.1) is 19.4 Å². The number of alkyl halides is 1. The van der Waals surface area contributed by atoms with Crippen molar-refractivity contribution in [1.29, 1.82) is 0 Å². The van der Waals surface area contributed by atoms with E-state index >= 15 is 0 Å². The normalized spacial score (nSPS) is 39.3. The third-order valence-electron chi connectivity index (χ3n) is 5.28. The van der Waals surface area contributed by atoms with Crippen LogP contribution in [0.15, 0.2) is 0 Å². The predicted octanol–water partition coefficient (Wildman–Crippen LogP) is 3.23. The van der Waals surface area contributed by atoms with Crippen molar-refractivity contribution in [1.82, 2.24) is 0 Å². The van der Waals surface area contributed by atoms with E-state index in [0.29, 0.717) is 19.1 Å². The summed E-state index contributed by atoms with van der Waals surface area (Å²) < 4.78 is 36.7. The molecule has 1 aliphatic carbocycles. The maximum absolute atomic E-state index is 12.9. The van der Waals surface area contributed by atoms with Gasteiger partial charge in [0, 0.05) is 26.1 Å². The van der Waals surface area contributed by atoms with Crippen LogP contribution in [0.1, 0.15) is 51.9 Å². The van der Waals surface area contributed by atoms with Crippen molar-refractivity contribution in [2.45, 2.75) is 76.0 Å². The van der Waals surface area contributed by atoms with Crippen molar-refractivity contribution in [2.24, 2.45) is 5.92 Å². The molecular formula is C17H29FO4. The standard InChI is InChI=1S/C17H29FO4/c1-2-19-16-10-14(20-11-13-6-4-3-5-7-13)15-12-21-17(16,22-15)8-9-18/h13-16H,2-12H2,1H3/t14-,15+,16+,17+/m0/s1. The lowest BCUT2D eigenvalue weighted by molar-refractivity contribution is -0.281. The lowest BCUT2D eigenvalue weighted by Crippen LogP contribution is -2.53. The first-order valence-electron chi connectivity index (χ1n) is 8.88. The monoisotopic (exact) mass is 316 g/mol. The van der Waals surface area contributed by atoms with Crippen molar-refractivity contribution in [3.05, 3.63) is 0 Å². The molecule has 0 aromatic rings. The molecule has 128 valence electrons. The number of hydrogen-bond donors (Lipinski definition) is 0. The van der Waals surface area contributed by atoms with E-state index in [9.17, 15) is 4.39 Å². The molecule has 0 aromatic heterocycles. The summed E-state index contributed by atoms with van der Waals surface area (Å²) in [6, 6.07) is 0. The zero-order valence-corrected chi connectivity index (χ0v) is 13.6. The van der Waals surface area contributed by atoms with Crippen molar-refractivity contribution in [2.75, 3.05) is 26.5 Å². The van der Waals surface area contributed by atoms with Gasteiger partial charge in [0.25, 0.3) is 0 Å². The average molecular weight is 316 g/mol. The molecule has 0 spiro atoms. The molecule has 5 heteroatoms. The van der Waals surface area contributed by atoms with Crippen molar-refractivity contribution >= 4 is 0 Å². The molecule has 3 aliphatic rings. The van der Waals surface area contributed by atoms with Gasteiger partial charge >= 0.3 is 0 Å². The van der Waals surface area contributed by atoms with Gasteiger partial charge in [-0.3, -0.25) is 4.39 Å². The number of hydrogen-bond acceptors (Lipinski definition) is 4. The molecule has 1 saturated carbocycles. The first-order valence-corrected chi connectivity index (χ1v) is 8.88. The van der Waals surface area contributed by atoms with E-state index in [1.54, 1.807) is 0 Å². The van der Waals surface area contributed by atoms with Gasteiger partial charge in [0.15, 0.2) is 5.79 Å². The Bertz CT molecular complexity index is 348. The van der Waals surface area contributed by atoms with Gasteiger partial charge in [-0.1, -0.05) is 19.3 Å². The Labute approximate surface area is 132 Å². The number of fused-ring (bicyclic) bond motifs is 2. The van der Waals surface area contributed by atoms with Crippen LogP contribution in [0.5, 0.6) is 0 Å². The Kier molecular flexibility index (Phi) is 5.71. The first-order chi connectivity index (χ1) is 10.8. The fourth-order valence-corrected chi connectivity index (χ4v) is 4.05. The Morgan fingerprint density at radius 2 is 2.00 bits per heavy atom. The van der Waals surface area contributed by atoms with Crippen LogP contribution in [0.25, 0.3) is 0 Å². The molecule has 3 fully saturated rings. The number of rotatable bonds is 7. The van der Waals surface area contributed by atoms with Crippen LogP contribution in [0.4, 0.5) is 4.39 Å². The molecule has 2 bridgehead atoms. The summed E-state index contributed by atoms with van der Waals surface area (Å²) in [6.07, 6.45) is 7.23. The maximum atomic E-state index is 12.9. The van der Waals surface area contributed by atoms with Gasteiger partial charge in [-0.15, -0.1) is 0 Å². The average Bonchev–Trinajstić information content (AvgIpc) is 2.91. The van der Waals surface area contributed by atoms with Crippen molar-refractivity contribution < 1.29 is 23.3 Å². The highest BCUT2D eigenvalue weighted by atomic mass is 19.1. The molecule has 0 amide bonds. The number of ether oxygens (including phenoxy) is 4. The minimum absolute atomic E-state index is 0.00807. The van der Waals surface area contributed by atoms with Gasteiger partial charge in [-0.05, 0) is 25.7 Å². The third-order valence-corrected chi connectivity index (χ3v) is 5.28. The highest BCUT2D eigenvalue weighted by Gasteiger charge is 2.56. The third kappa shape index (κ3) is 3.48. The second-order valence-corrected chi connectivity index (χ2v) is 6.77. The quantitative estimate of drug-likeness (QED) is 0.722. The summed E-state index contributed by atoms with van der Waals surface area (Å²) in [5.74, 6) is -0.209. The topological polar surface area (TPSA) is 36.9 Å². The van der Waals surface area contributed by atoms with Crippen LogP contribution >= 0.6 is 0 Å². The van der Waals surface area contributed by atoms with Crippen LogP contribution in [0.2, 0.25) is 0 Å². The Balaban J connectivity index is 1.57. The molecule has 0 N–H and O–H groups in total. The minimum atomic E-state index is -0.889. The van der Waals surface area contributed by atoms with Crippen LogP contribution in [0, 0.1) is 5.92 Å². The molecule has 0 unspecified atom stereocenters. The second kappa shape index (κ2) is 7.56. The summed E-state index contributed by atoms with van der Waals surface area (Å²) in [5, 5.41) is 0. The van der Waals surface area contributed by atoms with Gasteiger partial charge in [0.2, 0.25) is 0 Å². The molecular weight excluding hydrogens is 287 g/mol. The van der Waals surface area contributed by atoms with Crippen LogP contribution in [-0.4, -0.2) is 50.6 Å². The summed E-state index contributed by atoms with van der Waals surface area (Å²) in [6.45, 7) is 3.36. The van der Waals surface area contributed by atoms with Gasteiger partial charge < -0.3 is 18.9 Å². The molecule has 4 nitrogen and oxygen atoms in total. The smallest absolute Gasteiger partial charge is 0.197 e. The van der Waals surface area contributed by atoms with E-state index in [4.69, 9.17) is 18.9 Å². The Morgan fingerprint density at radius 3 is 2.73 bits per heavy atom. The Morgan fingerprint density at radius 1 is 1.18 bits per heavy atom. The fraction of sp³-hybridized carbons (Fsp3) is 1.00. The second-order valence-electron chi connectivity index (χ2n) is 6.77. The van der Waals surface area contributed by atoms with E-state index in [2.05, 4.69) is 0 Å². The van der Waals surface area contributed by atoms with E-state index in [0.717, 1.165) is 13.0 Å². The van der Waals surface area contributed by atoms with Crippen molar-refractivity contribution in [3.8, 4) is 0 Å². The highest BCUT2D eigenvalue weighted by molar-refractivity contribution is 4.97. The molecule has 22 heavy (non-hydrogen) atoms. The zero-order valence-electron chi connectivity index (χ0n) is 13.6. The van der Waals surface area contributed by atoms with Crippen LogP contribution < -0.4 is 0 Å². The molecule has 2 aliphatic heterocycles. The molecule has 0 radical (unpaired) electrons. The maximum Gasteiger partial charge on any atom is 0.197 e. The highest BCUT2D eigenvalue weighted by Crippen LogP contribution is 2.42. The van der Waals surface area contributed by atoms with E-state index in [1.165, 1.54) is 32.1 Å². The summed E-state index contributed by atoms with van der Waals surface area (Å²) in [4.78, 5) is 0. The molecule has 4 atom stereocenters. The lowest BCUT2D eigenvalue weighted by Gasteiger charge is -2.41. The molecule has 0 aromatic carbocycles. The zero-order chi connectivity index (χ0) is 15.4. The van der Waals surface area contributed by atoms with Gasteiger partial charge in [-0.25, -0.2) is 0 Å². The van der Waals surface area contributed by atoms with Gasteiger partial charge in [-0.2, -0.15) is 0 Å².